The number of hydrogen-bond acceptors (Lipinski definition) is 0. The summed E-state index contributed by atoms with van der Waals surface area (Å²) in [5.74, 6) is 3.85. The van der Waals surface area contributed by atoms with E-state index >= 15 is 0 Å². The molecule has 0 atom stereocenters. The van der Waals surface area contributed by atoms with Crippen molar-refractivity contribution in [3.8, 4) is 0 Å². The maximum atomic E-state index is 6.68. The van der Waals surface area contributed by atoms with Crippen LogP contribution in [-0.2, 0) is 0 Å². The van der Waals surface area contributed by atoms with Crippen LogP contribution in [0.2, 0.25) is 0 Å². The highest BCUT2D eigenvalue weighted by Crippen LogP contribution is 2.54. The lowest BCUT2D eigenvalue weighted by Gasteiger charge is -2.32. The van der Waals surface area contributed by atoms with E-state index in [0.29, 0.717) is 0 Å². The van der Waals surface area contributed by atoms with Crippen LogP contribution in [-0.4, -0.2) is 17.3 Å². The van der Waals surface area contributed by atoms with Crippen LogP contribution in [0.25, 0.3) is 0 Å². The van der Waals surface area contributed by atoms with Gasteiger partial charge in [0.05, 0.1) is 0 Å². The fourth-order valence-corrected chi connectivity index (χ4v) is 5.55. The van der Waals surface area contributed by atoms with Crippen LogP contribution in [0, 0.1) is 0 Å². The molecule has 0 aliphatic carbocycles. The third-order valence-electron chi connectivity index (χ3n) is 2.30. The molecule has 0 rings (SSSR count). The van der Waals surface area contributed by atoms with E-state index in [2.05, 4.69) is 20.8 Å². The van der Waals surface area contributed by atoms with Crippen molar-refractivity contribution in [2.75, 3.05) is 17.3 Å². The Morgan fingerprint density at radius 3 is 1.54 bits per heavy atom. The summed E-state index contributed by atoms with van der Waals surface area (Å²) < 4.78 is 0. The predicted octanol–water partition coefficient (Wildman–Crippen LogP) is 4.96. The number of rotatable bonds is 8. The maximum Gasteiger partial charge on any atom is -0.0101 e. The van der Waals surface area contributed by atoms with Gasteiger partial charge in [0.2, 0.25) is 0 Å². The molecule has 0 aromatic heterocycles. The van der Waals surface area contributed by atoms with E-state index in [9.17, 15) is 0 Å². The average molecular weight is 225 g/mol. The molecular weight excluding hydrogens is 200 g/mol. The molecule has 0 amide bonds. The van der Waals surface area contributed by atoms with Gasteiger partial charge in [0, 0.05) is 0 Å². The maximum absolute atomic E-state index is 6.68. The highest BCUT2D eigenvalue weighted by atomic mass is 35.7. The molecule has 0 aromatic rings. The Labute approximate surface area is 90.3 Å². The third-order valence-corrected chi connectivity index (χ3v) is 6.87. The minimum atomic E-state index is -0.741. The van der Waals surface area contributed by atoms with Crippen LogP contribution in [0.3, 0.4) is 0 Å². The van der Waals surface area contributed by atoms with Gasteiger partial charge >= 0.3 is 0 Å². The van der Waals surface area contributed by atoms with Crippen LogP contribution < -0.4 is 0 Å². The molecule has 0 aromatic carbocycles. The summed E-state index contributed by atoms with van der Waals surface area (Å²) in [5.41, 5.74) is 0. The van der Waals surface area contributed by atoms with Gasteiger partial charge in [0.25, 0.3) is 0 Å². The Kier molecular flexibility index (Phi) is 8.38. The van der Waals surface area contributed by atoms with Crippen LogP contribution in [0.15, 0.2) is 0 Å². The first-order valence-corrected chi connectivity index (χ1v) is 8.61. The van der Waals surface area contributed by atoms with Crippen molar-refractivity contribution >= 4 is 19.9 Å². The Morgan fingerprint density at radius 1 is 0.769 bits per heavy atom. The first-order valence-electron chi connectivity index (χ1n) is 5.64. The number of halogens is 1. The van der Waals surface area contributed by atoms with E-state index in [-0.39, 0.29) is 0 Å². The molecule has 0 unspecified atom stereocenters. The van der Waals surface area contributed by atoms with Gasteiger partial charge < -0.3 is 0 Å². The van der Waals surface area contributed by atoms with Gasteiger partial charge in [-0.05, 0) is 36.5 Å². The molecule has 13 heavy (non-hydrogen) atoms. The van der Waals surface area contributed by atoms with E-state index in [4.69, 9.17) is 10.7 Å². The average Bonchev–Trinajstić information content (AvgIpc) is 2.12. The first kappa shape index (κ1) is 13.6. The zero-order valence-electron chi connectivity index (χ0n) is 9.44. The summed E-state index contributed by atoms with van der Waals surface area (Å²) in [5, 5.41) is 0. The van der Waals surface area contributed by atoms with Crippen LogP contribution >= 0.6 is 19.9 Å². The molecule has 0 bridgehead atoms. The summed E-state index contributed by atoms with van der Waals surface area (Å²) in [6.07, 6.45) is 6.48. The second kappa shape index (κ2) is 7.99. The van der Waals surface area contributed by atoms with E-state index in [1.54, 1.807) is 0 Å². The zero-order valence-corrected chi connectivity index (χ0v) is 11.0. The second-order valence-corrected chi connectivity index (χ2v) is 8.83. The Hall–Kier alpha value is 0.640. The minimum Gasteiger partial charge on any atom is -0.163 e. The van der Waals surface area contributed by atoms with Crippen molar-refractivity contribution < 1.29 is 0 Å². The summed E-state index contributed by atoms with van der Waals surface area (Å²) in [7, 11) is 5.94. The molecule has 82 valence electrons. The third kappa shape index (κ3) is 6.68. The highest BCUT2D eigenvalue weighted by Gasteiger charge is 2.18. The normalized spacial score (nSPS) is 13.2. The molecule has 0 radical (unpaired) electrons. The lowest BCUT2D eigenvalue weighted by atomic mass is 10.4. The van der Waals surface area contributed by atoms with Gasteiger partial charge in [-0.3, -0.25) is 0 Å². The van der Waals surface area contributed by atoms with E-state index in [1.807, 2.05) is 0 Å². The predicted molar refractivity (Wildman–Crippen MR) is 68.2 cm³/mol. The van der Waals surface area contributed by atoms with Crippen molar-refractivity contribution in [3.63, 3.8) is 0 Å². The van der Waals surface area contributed by atoms with Crippen LogP contribution in [0.1, 0.15) is 52.9 Å². The molecule has 0 aliphatic heterocycles. The fourth-order valence-electron chi connectivity index (χ4n) is 1.48. The van der Waals surface area contributed by atoms with Crippen LogP contribution in [0.4, 0.5) is 0 Å². The van der Waals surface area contributed by atoms with Gasteiger partial charge in [-0.2, -0.15) is 9.24 Å². The van der Waals surface area contributed by atoms with E-state index in [0.717, 1.165) is 0 Å². The van der Waals surface area contributed by atoms with Gasteiger partial charge in [0.15, 0.2) is 0 Å². The van der Waals surface area contributed by atoms with E-state index < -0.39 is 9.24 Å². The van der Waals surface area contributed by atoms with Crippen molar-refractivity contribution in [2.45, 2.75) is 52.9 Å². The standard InChI is InChI=1S/C11H25ClS/c1-4-7-10-13(12,9-6-3)11-8-5-2/h4-11H2,1-3H3. The molecule has 0 saturated heterocycles. The summed E-state index contributed by atoms with van der Waals surface area (Å²) in [6, 6.07) is 0. The monoisotopic (exact) mass is 224 g/mol. The molecule has 0 fully saturated rings. The van der Waals surface area contributed by atoms with Crippen molar-refractivity contribution in [3.05, 3.63) is 0 Å². The molecular formula is C11H25ClS. The zero-order chi connectivity index (χ0) is 10.2. The minimum absolute atomic E-state index is 0.741. The molecule has 0 spiro atoms. The van der Waals surface area contributed by atoms with E-state index in [1.165, 1.54) is 49.4 Å². The highest BCUT2D eigenvalue weighted by molar-refractivity contribution is 8.51. The van der Waals surface area contributed by atoms with Gasteiger partial charge in [-0.1, -0.05) is 44.3 Å². The van der Waals surface area contributed by atoms with Crippen LogP contribution in [0.5, 0.6) is 0 Å². The number of unbranched alkanes of at least 4 members (excludes halogenated alkanes) is 2. The summed E-state index contributed by atoms with van der Waals surface area (Å²) in [4.78, 5) is 0. The molecule has 2 heteroatoms. The molecule has 0 aliphatic rings. The largest absolute Gasteiger partial charge is 0.163 e. The quantitative estimate of drug-likeness (QED) is 0.547. The second-order valence-electron chi connectivity index (χ2n) is 3.76. The lowest BCUT2D eigenvalue weighted by Crippen LogP contribution is -2.07. The Morgan fingerprint density at radius 2 is 1.23 bits per heavy atom. The summed E-state index contributed by atoms with van der Waals surface area (Å²) in [6.45, 7) is 6.76. The number of hydrogen-bond donors (Lipinski definition) is 0. The van der Waals surface area contributed by atoms with Crippen molar-refractivity contribution in [2.24, 2.45) is 0 Å². The first-order chi connectivity index (χ1) is 6.18. The Balaban J connectivity index is 3.84. The molecule has 0 saturated carbocycles. The fraction of sp³-hybridized carbons (Fsp3) is 1.00. The molecule has 0 heterocycles. The Bertz CT molecular complexity index is 107. The van der Waals surface area contributed by atoms with Gasteiger partial charge in [-0.15, -0.1) is 0 Å². The van der Waals surface area contributed by atoms with Gasteiger partial charge in [0.1, 0.15) is 0 Å². The topological polar surface area (TPSA) is 0 Å². The molecule has 0 nitrogen and oxygen atoms in total. The summed E-state index contributed by atoms with van der Waals surface area (Å²) >= 11 is 0. The smallest absolute Gasteiger partial charge is 0.0101 e. The SMILES string of the molecule is CCCCS(Cl)(CCC)CCCC. The van der Waals surface area contributed by atoms with Crippen molar-refractivity contribution in [1.82, 2.24) is 0 Å². The molecule has 0 N–H and O–H groups in total. The lowest BCUT2D eigenvalue weighted by molar-refractivity contribution is 0.868. The van der Waals surface area contributed by atoms with Crippen molar-refractivity contribution in [1.29, 1.82) is 0 Å². The van der Waals surface area contributed by atoms with Gasteiger partial charge in [-0.25, -0.2) is 0 Å².